The molecule has 5 nitrogen and oxygen atoms in total. The molecule has 0 atom stereocenters. The van der Waals surface area contributed by atoms with Gasteiger partial charge in [0.15, 0.2) is 5.82 Å². The van der Waals surface area contributed by atoms with E-state index in [1.807, 2.05) is 61.5 Å². The predicted octanol–water partition coefficient (Wildman–Crippen LogP) is 5.15. The van der Waals surface area contributed by atoms with E-state index in [9.17, 15) is 4.79 Å². The molecule has 1 aromatic heterocycles. The number of hydrogen-bond donors (Lipinski definition) is 2. The maximum Gasteiger partial charge on any atom is 0.413 e. The summed E-state index contributed by atoms with van der Waals surface area (Å²) >= 11 is 3.43. The second-order valence-electron chi connectivity index (χ2n) is 5.47. The van der Waals surface area contributed by atoms with Gasteiger partial charge in [0.25, 0.3) is 0 Å². The van der Waals surface area contributed by atoms with Crippen LogP contribution < -0.4 is 5.32 Å². The summed E-state index contributed by atoms with van der Waals surface area (Å²) in [6, 6.07) is 17.5. The van der Waals surface area contributed by atoms with Crippen molar-refractivity contribution in [2.24, 2.45) is 0 Å². The summed E-state index contributed by atoms with van der Waals surface area (Å²) in [6.07, 6.45) is 0.211. The van der Waals surface area contributed by atoms with Crippen molar-refractivity contribution in [3.63, 3.8) is 0 Å². The monoisotopic (exact) mass is 399 g/mol. The number of rotatable bonds is 5. The molecule has 0 saturated heterocycles. The number of aromatic nitrogens is 2. The maximum absolute atomic E-state index is 12.1. The van der Waals surface area contributed by atoms with Crippen LogP contribution in [0.5, 0.6) is 0 Å². The first kappa shape index (κ1) is 17.2. The summed E-state index contributed by atoms with van der Waals surface area (Å²) in [4.78, 5) is 12.1. The highest BCUT2D eigenvalue weighted by Crippen LogP contribution is 2.28. The van der Waals surface area contributed by atoms with Crippen molar-refractivity contribution >= 4 is 27.8 Å². The molecule has 0 bridgehead atoms. The summed E-state index contributed by atoms with van der Waals surface area (Å²) in [5.74, 6) is 0.499. The van der Waals surface area contributed by atoms with Gasteiger partial charge >= 0.3 is 6.09 Å². The summed E-state index contributed by atoms with van der Waals surface area (Å²) in [5, 5.41) is 9.96. The van der Waals surface area contributed by atoms with Gasteiger partial charge in [0, 0.05) is 10.0 Å². The van der Waals surface area contributed by atoms with Gasteiger partial charge in [-0.1, -0.05) is 65.3 Å². The number of nitrogens with one attached hydrogen (secondary N) is 2. The lowest BCUT2D eigenvalue weighted by Crippen LogP contribution is -2.14. The molecule has 1 amide bonds. The van der Waals surface area contributed by atoms with Crippen LogP contribution in [-0.4, -0.2) is 16.3 Å². The highest BCUT2D eigenvalue weighted by Gasteiger charge is 2.16. The molecule has 3 aromatic rings. The second-order valence-corrected chi connectivity index (χ2v) is 6.39. The fourth-order valence-electron chi connectivity index (χ4n) is 2.52. The van der Waals surface area contributed by atoms with Crippen LogP contribution in [0.25, 0.3) is 11.3 Å². The zero-order valence-corrected chi connectivity index (χ0v) is 15.3. The van der Waals surface area contributed by atoms with Crippen LogP contribution in [0.3, 0.4) is 0 Å². The first-order valence-corrected chi connectivity index (χ1v) is 8.77. The quantitative estimate of drug-likeness (QED) is 0.623. The Kier molecular flexibility index (Phi) is 5.50. The fourth-order valence-corrected chi connectivity index (χ4v) is 2.79. The van der Waals surface area contributed by atoms with Crippen LogP contribution in [0.2, 0.25) is 0 Å². The Morgan fingerprint density at radius 2 is 1.88 bits per heavy atom. The molecule has 2 N–H and O–H groups in total. The van der Waals surface area contributed by atoms with Gasteiger partial charge < -0.3 is 4.74 Å². The Morgan fingerprint density at radius 1 is 1.16 bits per heavy atom. The third-order valence-corrected chi connectivity index (χ3v) is 4.32. The fraction of sp³-hybridized carbons (Fsp3) is 0.158. The highest BCUT2D eigenvalue weighted by atomic mass is 79.9. The van der Waals surface area contributed by atoms with E-state index in [4.69, 9.17) is 4.74 Å². The predicted molar refractivity (Wildman–Crippen MR) is 101 cm³/mol. The average Bonchev–Trinajstić information content (AvgIpc) is 3.04. The van der Waals surface area contributed by atoms with E-state index in [0.717, 1.165) is 33.3 Å². The standard InChI is InChI=1S/C19H18BrN3O2/c1-2-16-17(14-8-10-15(20)11-9-14)22-23-18(16)21-19(24)25-12-13-6-4-3-5-7-13/h3-11H,2,12H2,1H3,(H2,21,22,23,24). The van der Waals surface area contributed by atoms with Crippen molar-refractivity contribution in [1.29, 1.82) is 0 Å². The molecule has 3 rings (SSSR count). The number of carbonyl (C=O) groups excluding carboxylic acids is 1. The smallest absolute Gasteiger partial charge is 0.413 e. The lowest BCUT2D eigenvalue weighted by molar-refractivity contribution is 0.155. The largest absolute Gasteiger partial charge is 0.444 e. The molecule has 1 heterocycles. The summed E-state index contributed by atoms with van der Waals surface area (Å²) in [7, 11) is 0. The van der Waals surface area contributed by atoms with Crippen molar-refractivity contribution in [3.05, 3.63) is 70.2 Å². The topological polar surface area (TPSA) is 67.0 Å². The van der Waals surface area contributed by atoms with Gasteiger partial charge in [-0.05, 0) is 29.7 Å². The molecule has 6 heteroatoms. The minimum atomic E-state index is -0.521. The number of nitrogens with zero attached hydrogens (tertiary/aromatic N) is 1. The van der Waals surface area contributed by atoms with Crippen molar-refractivity contribution in [2.45, 2.75) is 20.0 Å². The Hall–Kier alpha value is -2.60. The van der Waals surface area contributed by atoms with E-state index in [1.165, 1.54) is 0 Å². The van der Waals surface area contributed by atoms with E-state index in [2.05, 4.69) is 31.4 Å². The van der Waals surface area contributed by atoms with E-state index in [-0.39, 0.29) is 6.61 Å². The van der Waals surface area contributed by atoms with Crippen molar-refractivity contribution in [3.8, 4) is 11.3 Å². The summed E-state index contributed by atoms with van der Waals surface area (Å²) in [5.41, 5.74) is 3.79. The molecule has 0 saturated carbocycles. The van der Waals surface area contributed by atoms with Crippen molar-refractivity contribution in [1.82, 2.24) is 10.2 Å². The summed E-state index contributed by atoms with van der Waals surface area (Å²) in [6.45, 7) is 2.24. The molecule has 0 fully saturated rings. The highest BCUT2D eigenvalue weighted by molar-refractivity contribution is 9.10. The van der Waals surface area contributed by atoms with E-state index in [1.54, 1.807) is 0 Å². The molecule has 0 aliphatic carbocycles. The molecular weight excluding hydrogens is 382 g/mol. The molecular formula is C19H18BrN3O2. The van der Waals surface area contributed by atoms with Crippen molar-refractivity contribution in [2.75, 3.05) is 5.32 Å². The minimum Gasteiger partial charge on any atom is -0.444 e. The molecule has 2 aromatic carbocycles. The van der Waals surface area contributed by atoms with Crippen LogP contribution in [0.15, 0.2) is 59.1 Å². The first-order valence-electron chi connectivity index (χ1n) is 7.98. The number of ether oxygens (including phenoxy) is 1. The van der Waals surface area contributed by atoms with Gasteiger partial charge in [0.2, 0.25) is 0 Å². The lowest BCUT2D eigenvalue weighted by atomic mass is 10.1. The molecule has 0 radical (unpaired) electrons. The average molecular weight is 400 g/mol. The Morgan fingerprint density at radius 3 is 2.56 bits per heavy atom. The number of anilines is 1. The van der Waals surface area contributed by atoms with Gasteiger partial charge in [-0.15, -0.1) is 0 Å². The van der Waals surface area contributed by atoms with Gasteiger partial charge in [0.1, 0.15) is 6.61 Å². The van der Waals surface area contributed by atoms with E-state index >= 15 is 0 Å². The molecule has 25 heavy (non-hydrogen) atoms. The minimum absolute atomic E-state index is 0.220. The molecule has 0 aliphatic heterocycles. The van der Waals surface area contributed by atoms with Crippen LogP contribution in [0, 0.1) is 0 Å². The lowest BCUT2D eigenvalue weighted by Gasteiger charge is -2.07. The number of H-pyrrole nitrogens is 1. The van der Waals surface area contributed by atoms with Crippen molar-refractivity contribution < 1.29 is 9.53 Å². The maximum atomic E-state index is 12.1. The molecule has 0 unspecified atom stereocenters. The zero-order chi connectivity index (χ0) is 17.6. The first-order chi connectivity index (χ1) is 12.2. The third kappa shape index (κ3) is 4.28. The number of hydrogen-bond acceptors (Lipinski definition) is 3. The SMILES string of the molecule is CCc1c(NC(=O)OCc2ccccc2)n[nH]c1-c1ccc(Br)cc1. The molecule has 128 valence electrons. The number of amides is 1. The number of aromatic amines is 1. The van der Waals surface area contributed by atoms with Gasteiger partial charge in [0.05, 0.1) is 5.69 Å². The van der Waals surface area contributed by atoms with Crippen LogP contribution >= 0.6 is 15.9 Å². The molecule has 0 aliphatic rings. The Balaban J connectivity index is 1.70. The van der Waals surface area contributed by atoms with Gasteiger partial charge in [-0.2, -0.15) is 5.10 Å². The third-order valence-electron chi connectivity index (χ3n) is 3.79. The number of halogens is 1. The van der Waals surface area contributed by atoms with E-state index < -0.39 is 6.09 Å². The van der Waals surface area contributed by atoms with E-state index in [0.29, 0.717) is 5.82 Å². The number of benzene rings is 2. The van der Waals surface area contributed by atoms with Crippen LogP contribution in [0.4, 0.5) is 10.6 Å². The number of carbonyl (C=O) groups is 1. The van der Waals surface area contributed by atoms with Crippen LogP contribution in [-0.2, 0) is 17.8 Å². The normalized spacial score (nSPS) is 10.5. The van der Waals surface area contributed by atoms with Gasteiger partial charge in [-0.25, -0.2) is 4.79 Å². The second kappa shape index (κ2) is 7.98. The van der Waals surface area contributed by atoms with Crippen LogP contribution in [0.1, 0.15) is 18.1 Å². The molecule has 0 spiro atoms. The zero-order valence-electron chi connectivity index (χ0n) is 13.8. The Labute approximate surface area is 154 Å². The van der Waals surface area contributed by atoms with Gasteiger partial charge in [-0.3, -0.25) is 10.4 Å². The Bertz CT molecular complexity index is 845. The summed E-state index contributed by atoms with van der Waals surface area (Å²) < 4.78 is 6.26.